The van der Waals surface area contributed by atoms with Crippen LogP contribution in [0.25, 0.3) is 33.5 Å². The number of sulfonamides is 1. The van der Waals surface area contributed by atoms with E-state index < -0.39 is 44.4 Å². The largest absolute Gasteiger partial charge is 0.343 e. The molecule has 0 fully saturated rings. The Labute approximate surface area is 190 Å². The second kappa shape index (κ2) is 7.95. The molecule has 9 nitrogen and oxygen atoms in total. The van der Waals surface area contributed by atoms with Crippen LogP contribution in [0.3, 0.4) is 0 Å². The Morgan fingerprint density at radius 2 is 1.82 bits per heavy atom. The van der Waals surface area contributed by atoms with Crippen LogP contribution >= 0.6 is 0 Å². The average molecular weight is 485 g/mol. The third-order valence-corrected chi connectivity index (χ3v) is 6.59. The molecule has 1 aromatic carbocycles. The number of aromatic amines is 2. The van der Waals surface area contributed by atoms with E-state index in [1.54, 1.807) is 6.20 Å². The fourth-order valence-corrected chi connectivity index (χ4v) is 4.75. The summed E-state index contributed by atoms with van der Waals surface area (Å²) >= 11 is 0. The monoisotopic (exact) mass is 485 g/mol. The summed E-state index contributed by atoms with van der Waals surface area (Å²) in [6.45, 7) is 1.46. The zero-order valence-corrected chi connectivity index (χ0v) is 18.1. The van der Waals surface area contributed by atoms with Crippen LogP contribution in [0.1, 0.15) is 5.69 Å². The van der Waals surface area contributed by atoms with Gasteiger partial charge in [-0.25, -0.2) is 31.6 Å². The van der Waals surface area contributed by atoms with Crippen molar-refractivity contribution in [2.45, 2.75) is 11.8 Å². The van der Waals surface area contributed by atoms with Crippen LogP contribution in [0, 0.1) is 24.4 Å². The number of nitrogens with zero attached hydrogens (tertiary/aromatic N) is 4. The first kappa shape index (κ1) is 21.6. The minimum atomic E-state index is -4.30. The SMILES string of the molecule is Cc1ncccc1S(=O)(=O)Nc1ncc(F)c(-c2ccc3c(-c4ncc[nH]4)n[nH]c3c2F)c1F. The van der Waals surface area contributed by atoms with E-state index in [2.05, 4.69) is 30.1 Å². The lowest BCUT2D eigenvalue weighted by atomic mass is 10.0. The van der Waals surface area contributed by atoms with Gasteiger partial charge in [0.25, 0.3) is 10.0 Å². The lowest BCUT2D eigenvalue weighted by molar-refractivity contribution is 0.575. The summed E-state index contributed by atoms with van der Waals surface area (Å²) in [4.78, 5) is 14.1. The highest BCUT2D eigenvalue weighted by Crippen LogP contribution is 2.36. The fraction of sp³-hybridized carbons (Fsp3) is 0.0476. The Morgan fingerprint density at radius 1 is 1.00 bits per heavy atom. The number of pyridine rings is 2. The van der Waals surface area contributed by atoms with Crippen LogP contribution in [0.5, 0.6) is 0 Å². The Hall–Kier alpha value is -4.26. The molecule has 4 aromatic heterocycles. The summed E-state index contributed by atoms with van der Waals surface area (Å²) in [5, 5.41) is 6.87. The van der Waals surface area contributed by atoms with Gasteiger partial charge in [-0.05, 0) is 25.1 Å². The van der Waals surface area contributed by atoms with Gasteiger partial charge in [0, 0.05) is 29.5 Å². The zero-order valence-electron chi connectivity index (χ0n) is 17.3. The molecule has 3 N–H and O–H groups in total. The highest BCUT2D eigenvalue weighted by Gasteiger charge is 2.26. The van der Waals surface area contributed by atoms with E-state index >= 15 is 8.78 Å². The van der Waals surface area contributed by atoms with Gasteiger partial charge in [-0.2, -0.15) is 5.10 Å². The van der Waals surface area contributed by atoms with Gasteiger partial charge in [-0.1, -0.05) is 6.07 Å². The predicted octanol–water partition coefficient (Wildman–Crippen LogP) is 3.94. The molecule has 13 heteroatoms. The Morgan fingerprint density at radius 3 is 2.56 bits per heavy atom. The quantitative estimate of drug-likeness (QED) is 0.346. The number of hydrogen-bond acceptors (Lipinski definition) is 6. The third kappa shape index (κ3) is 3.46. The molecule has 0 saturated carbocycles. The maximum absolute atomic E-state index is 15.4. The minimum absolute atomic E-state index is 0.104. The highest BCUT2D eigenvalue weighted by molar-refractivity contribution is 7.92. The molecule has 0 saturated heterocycles. The van der Waals surface area contributed by atoms with Crippen molar-refractivity contribution < 1.29 is 21.6 Å². The third-order valence-electron chi connectivity index (χ3n) is 5.12. The van der Waals surface area contributed by atoms with Gasteiger partial charge in [0.2, 0.25) is 0 Å². The summed E-state index contributed by atoms with van der Waals surface area (Å²) in [5.74, 6) is -3.96. The van der Waals surface area contributed by atoms with Crippen LogP contribution in [-0.4, -0.2) is 38.6 Å². The number of benzene rings is 1. The van der Waals surface area contributed by atoms with Crippen molar-refractivity contribution in [3.63, 3.8) is 0 Å². The summed E-state index contributed by atoms with van der Waals surface area (Å²) in [7, 11) is -4.30. The molecule has 0 aliphatic carbocycles. The van der Waals surface area contributed by atoms with Crippen LogP contribution < -0.4 is 4.72 Å². The van der Waals surface area contributed by atoms with Crippen molar-refractivity contribution in [3.8, 4) is 22.6 Å². The Balaban J connectivity index is 1.61. The van der Waals surface area contributed by atoms with Crippen LogP contribution in [-0.2, 0) is 10.0 Å². The molecular weight excluding hydrogens is 471 g/mol. The van der Waals surface area contributed by atoms with Crippen LogP contribution in [0.2, 0.25) is 0 Å². The van der Waals surface area contributed by atoms with E-state index in [9.17, 15) is 12.8 Å². The van der Waals surface area contributed by atoms with Crippen molar-refractivity contribution in [1.29, 1.82) is 0 Å². The molecule has 0 aliphatic heterocycles. The first-order valence-corrected chi connectivity index (χ1v) is 11.2. The van der Waals surface area contributed by atoms with Gasteiger partial charge in [-0.3, -0.25) is 14.8 Å². The molecule has 5 rings (SSSR count). The summed E-state index contributed by atoms with van der Waals surface area (Å²) in [6, 6.07) is 5.27. The number of rotatable bonds is 5. The summed E-state index contributed by atoms with van der Waals surface area (Å²) < 4.78 is 72.7. The number of halogens is 3. The topological polar surface area (TPSA) is 129 Å². The number of aromatic nitrogens is 6. The predicted molar refractivity (Wildman–Crippen MR) is 117 cm³/mol. The van der Waals surface area contributed by atoms with Gasteiger partial charge < -0.3 is 4.98 Å². The molecule has 5 aromatic rings. The summed E-state index contributed by atoms with van der Waals surface area (Å²) in [6.07, 6.45) is 5.07. The molecule has 0 radical (unpaired) electrons. The number of aryl methyl sites for hydroxylation is 1. The number of nitrogens with one attached hydrogen (secondary N) is 3. The average Bonchev–Trinajstić information content (AvgIpc) is 3.47. The van der Waals surface area contributed by atoms with Gasteiger partial charge >= 0.3 is 0 Å². The maximum atomic E-state index is 15.4. The van der Waals surface area contributed by atoms with Crippen LogP contribution in [0.15, 0.2) is 53.9 Å². The van der Waals surface area contributed by atoms with E-state index in [1.165, 1.54) is 43.6 Å². The molecule has 0 spiro atoms. The molecule has 0 bridgehead atoms. The second-order valence-electron chi connectivity index (χ2n) is 7.20. The number of anilines is 1. The summed E-state index contributed by atoms with van der Waals surface area (Å²) in [5.41, 5.74) is -0.850. The van der Waals surface area contributed by atoms with E-state index in [4.69, 9.17) is 0 Å². The number of fused-ring (bicyclic) bond motifs is 1. The van der Waals surface area contributed by atoms with Gasteiger partial charge in [0.1, 0.15) is 16.1 Å². The van der Waals surface area contributed by atoms with E-state index in [0.717, 1.165) is 0 Å². The molecule has 0 aliphatic rings. The molecule has 34 heavy (non-hydrogen) atoms. The molecule has 172 valence electrons. The normalized spacial score (nSPS) is 11.8. The highest BCUT2D eigenvalue weighted by atomic mass is 32.2. The van der Waals surface area contributed by atoms with Crippen LogP contribution in [0.4, 0.5) is 19.0 Å². The molecular formula is C21H14F3N7O2S. The van der Waals surface area contributed by atoms with Crippen molar-refractivity contribution in [2.75, 3.05) is 4.72 Å². The van der Waals surface area contributed by atoms with E-state index in [1.807, 2.05) is 4.72 Å². The molecule has 0 unspecified atom stereocenters. The van der Waals surface area contributed by atoms with Gasteiger partial charge in [-0.15, -0.1) is 0 Å². The zero-order chi connectivity index (χ0) is 24.0. The number of hydrogen-bond donors (Lipinski definition) is 3. The first-order chi connectivity index (χ1) is 16.3. The number of H-pyrrole nitrogens is 2. The first-order valence-electron chi connectivity index (χ1n) is 9.73. The maximum Gasteiger partial charge on any atom is 0.264 e. The molecule has 4 heterocycles. The lowest BCUT2D eigenvalue weighted by Gasteiger charge is -2.13. The van der Waals surface area contributed by atoms with Crippen molar-refractivity contribution in [2.24, 2.45) is 0 Å². The van der Waals surface area contributed by atoms with Crippen molar-refractivity contribution >= 4 is 26.7 Å². The molecule has 0 amide bonds. The smallest absolute Gasteiger partial charge is 0.264 e. The van der Waals surface area contributed by atoms with Crippen molar-refractivity contribution in [1.82, 2.24) is 30.1 Å². The molecule has 0 atom stereocenters. The minimum Gasteiger partial charge on any atom is -0.343 e. The fourth-order valence-electron chi connectivity index (χ4n) is 3.54. The Kier molecular flexibility index (Phi) is 5.05. The lowest BCUT2D eigenvalue weighted by Crippen LogP contribution is -2.17. The Bertz CT molecular complexity index is 1650. The van der Waals surface area contributed by atoms with Gasteiger partial charge in [0.15, 0.2) is 29.1 Å². The number of imidazole rings is 1. The second-order valence-corrected chi connectivity index (χ2v) is 8.85. The standard InChI is InChI=1S/C21H14F3N7O2S/c1-10-14(3-2-6-25-10)34(32,33)31-20-17(24)15(13(22)9-28-20)11-4-5-12-18(16(11)23)29-30-19(12)21-26-7-8-27-21/h2-9H,1H3,(H,26,27)(H,28,31)(H,29,30). The van der Waals surface area contributed by atoms with E-state index in [0.29, 0.717) is 23.1 Å². The van der Waals surface area contributed by atoms with Crippen molar-refractivity contribution in [3.05, 3.63) is 72.2 Å². The van der Waals surface area contributed by atoms with Gasteiger partial charge in [0.05, 0.1) is 17.5 Å². The van der Waals surface area contributed by atoms with E-state index in [-0.39, 0.29) is 16.1 Å².